The van der Waals surface area contributed by atoms with E-state index in [2.05, 4.69) is 45.8 Å². The maximum Gasteiger partial charge on any atom is 0.238 e. The molecular formula is C24H30N6O3. The topological polar surface area (TPSA) is 101 Å². The monoisotopic (exact) mass is 450 g/mol. The van der Waals surface area contributed by atoms with Crippen molar-refractivity contribution in [2.45, 2.75) is 45.9 Å². The number of ether oxygens (including phenoxy) is 1. The number of anilines is 2. The summed E-state index contributed by atoms with van der Waals surface area (Å²) >= 11 is 0. The number of benzene rings is 1. The first-order valence-electron chi connectivity index (χ1n) is 11.5. The van der Waals surface area contributed by atoms with Crippen LogP contribution in [0.1, 0.15) is 44.2 Å². The van der Waals surface area contributed by atoms with Gasteiger partial charge in [-0.1, -0.05) is 32.0 Å². The Morgan fingerprint density at radius 1 is 1.21 bits per heavy atom. The van der Waals surface area contributed by atoms with Crippen molar-refractivity contribution < 1.29 is 14.3 Å². The van der Waals surface area contributed by atoms with E-state index in [-0.39, 0.29) is 18.7 Å². The molecule has 0 saturated carbocycles. The molecule has 0 bridgehead atoms. The summed E-state index contributed by atoms with van der Waals surface area (Å²) in [6.45, 7) is 9.20. The van der Waals surface area contributed by atoms with Crippen molar-refractivity contribution in [3.8, 4) is 11.4 Å². The third-order valence-electron chi connectivity index (χ3n) is 6.22. The van der Waals surface area contributed by atoms with E-state index >= 15 is 0 Å². The molecule has 33 heavy (non-hydrogen) atoms. The minimum absolute atomic E-state index is 0.0153. The Morgan fingerprint density at radius 2 is 2.09 bits per heavy atom. The van der Waals surface area contributed by atoms with Gasteiger partial charge >= 0.3 is 0 Å². The quantitative estimate of drug-likeness (QED) is 0.607. The zero-order valence-corrected chi connectivity index (χ0v) is 19.3. The molecule has 2 atom stereocenters. The molecule has 2 aromatic heterocycles. The molecule has 5 rings (SSSR count). The Morgan fingerprint density at radius 3 is 2.91 bits per heavy atom. The summed E-state index contributed by atoms with van der Waals surface area (Å²) in [5.74, 6) is 3.25. The molecule has 1 saturated heterocycles. The van der Waals surface area contributed by atoms with Crippen LogP contribution >= 0.6 is 0 Å². The molecule has 0 spiro atoms. The summed E-state index contributed by atoms with van der Waals surface area (Å²) in [6.07, 6.45) is 2.65. The maximum atomic E-state index is 9.52. The Bertz CT molecular complexity index is 1120. The Balaban J connectivity index is 1.51. The zero-order valence-electron chi connectivity index (χ0n) is 19.3. The standard InChI is InChI=1S/C24H30N6O3/c1-15(2)9-21-27-28-24(33-21)16(3)30-12-19-14-32-8-7-29(19)23-20(30)11-25-22(26-23)18-6-4-5-17(10-18)13-31/h4-6,10-11,15-16,19,31H,7-9,12-14H2,1-3H3. The molecule has 0 amide bonds. The van der Waals surface area contributed by atoms with Gasteiger partial charge in [0.05, 0.1) is 37.7 Å². The van der Waals surface area contributed by atoms with Gasteiger partial charge in [0.25, 0.3) is 0 Å². The van der Waals surface area contributed by atoms with Crippen molar-refractivity contribution in [2.75, 3.05) is 36.1 Å². The third kappa shape index (κ3) is 4.30. The highest BCUT2D eigenvalue weighted by molar-refractivity contribution is 5.73. The second kappa shape index (κ2) is 9.07. The van der Waals surface area contributed by atoms with E-state index in [1.165, 1.54) is 0 Å². The van der Waals surface area contributed by atoms with Crippen molar-refractivity contribution in [3.63, 3.8) is 0 Å². The summed E-state index contributed by atoms with van der Waals surface area (Å²) in [4.78, 5) is 14.2. The summed E-state index contributed by atoms with van der Waals surface area (Å²) in [5, 5.41) is 18.1. The van der Waals surface area contributed by atoms with Crippen LogP contribution in [-0.4, -0.2) is 57.6 Å². The normalized spacial score (nSPS) is 18.9. The van der Waals surface area contributed by atoms with E-state index in [0.717, 1.165) is 42.1 Å². The van der Waals surface area contributed by atoms with Gasteiger partial charge in [-0.05, 0) is 24.5 Å². The molecule has 2 aliphatic heterocycles. The predicted octanol–water partition coefficient (Wildman–Crippen LogP) is 3.00. The Labute approximate surface area is 193 Å². The molecule has 3 aromatic rings. The summed E-state index contributed by atoms with van der Waals surface area (Å²) in [7, 11) is 0. The minimum atomic E-state index is -0.117. The average molecular weight is 451 g/mol. The number of aliphatic hydroxyl groups is 1. The van der Waals surface area contributed by atoms with Crippen molar-refractivity contribution in [1.82, 2.24) is 20.2 Å². The van der Waals surface area contributed by atoms with Gasteiger partial charge in [-0.15, -0.1) is 10.2 Å². The lowest BCUT2D eigenvalue weighted by molar-refractivity contribution is 0.0929. The minimum Gasteiger partial charge on any atom is -0.423 e. The van der Waals surface area contributed by atoms with Crippen LogP contribution < -0.4 is 9.80 Å². The molecule has 1 aromatic carbocycles. The molecule has 1 fully saturated rings. The average Bonchev–Trinajstić information content (AvgIpc) is 3.30. The number of fused-ring (bicyclic) bond motifs is 3. The van der Waals surface area contributed by atoms with Crippen LogP contribution in [0, 0.1) is 5.92 Å². The second-order valence-electron chi connectivity index (χ2n) is 9.14. The maximum absolute atomic E-state index is 9.52. The van der Waals surface area contributed by atoms with E-state index in [4.69, 9.17) is 14.1 Å². The number of aromatic nitrogens is 4. The number of nitrogens with zero attached hydrogens (tertiary/aromatic N) is 6. The number of rotatable bonds is 6. The summed E-state index contributed by atoms with van der Waals surface area (Å²) in [5.41, 5.74) is 2.67. The molecule has 2 aliphatic rings. The molecule has 0 aliphatic carbocycles. The first-order valence-corrected chi connectivity index (χ1v) is 11.5. The molecule has 4 heterocycles. The smallest absolute Gasteiger partial charge is 0.238 e. The van der Waals surface area contributed by atoms with E-state index < -0.39 is 0 Å². The molecule has 0 radical (unpaired) electrons. The van der Waals surface area contributed by atoms with Gasteiger partial charge in [-0.25, -0.2) is 9.97 Å². The first kappa shape index (κ1) is 21.8. The van der Waals surface area contributed by atoms with Crippen LogP contribution in [-0.2, 0) is 17.8 Å². The van der Waals surface area contributed by atoms with Gasteiger partial charge < -0.3 is 24.1 Å². The number of hydrogen-bond acceptors (Lipinski definition) is 9. The van der Waals surface area contributed by atoms with Crippen molar-refractivity contribution in [1.29, 1.82) is 0 Å². The highest BCUT2D eigenvalue weighted by atomic mass is 16.5. The van der Waals surface area contributed by atoms with Gasteiger partial charge in [0.15, 0.2) is 11.6 Å². The fourth-order valence-corrected chi connectivity index (χ4v) is 4.51. The number of aliphatic hydroxyl groups excluding tert-OH is 1. The van der Waals surface area contributed by atoms with Crippen LogP contribution in [0.2, 0.25) is 0 Å². The van der Waals surface area contributed by atoms with Gasteiger partial charge in [0, 0.05) is 25.1 Å². The first-order chi connectivity index (χ1) is 16.0. The highest BCUT2D eigenvalue weighted by Crippen LogP contribution is 2.40. The van der Waals surface area contributed by atoms with E-state index in [0.29, 0.717) is 36.7 Å². The largest absolute Gasteiger partial charge is 0.423 e. The van der Waals surface area contributed by atoms with Crippen LogP contribution in [0.4, 0.5) is 11.5 Å². The fourth-order valence-electron chi connectivity index (χ4n) is 4.51. The highest BCUT2D eigenvalue weighted by Gasteiger charge is 2.38. The van der Waals surface area contributed by atoms with Crippen molar-refractivity contribution >= 4 is 11.5 Å². The van der Waals surface area contributed by atoms with Crippen molar-refractivity contribution in [2.24, 2.45) is 5.92 Å². The summed E-state index contributed by atoms with van der Waals surface area (Å²) in [6, 6.07) is 7.76. The van der Waals surface area contributed by atoms with Crippen LogP contribution in [0.15, 0.2) is 34.9 Å². The zero-order chi connectivity index (χ0) is 22.9. The van der Waals surface area contributed by atoms with Gasteiger partial charge in [0.1, 0.15) is 6.04 Å². The lowest BCUT2D eigenvalue weighted by Gasteiger charge is -2.46. The van der Waals surface area contributed by atoms with Crippen molar-refractivity contribution in [3.05, 3.63) is 47.8 Å². The van der Waals surface area contributed by atoms with Gasteiger partial charge in [-0.3, -0.25) is 0 Å². The van der Waals surface area contributed by atoms with E-state index in [1.807, 2.05) is 30.5 Å². The lowest BCUT2D eigenvalue weighted by atomic mass is 10.1. The molecular weight excluding hydrogens is 420 g/mol. The number of morpholine rings is 1. The number of hydrogen-bond donors (Lipinski definition) is 1. The molecule has 9 nitrogen and oxygen atoms in total. The Hall–Kier alpha value is -3.04. The molecule has 1 N–H and O–H groups in total. The third-order valence-corrected chi connectivity index (χ3v) is 6.22. The van der Waals surface area contributed by atoms with Crippen LogP contribution in [0.3, 0.4) is 0 Å². The predicted molar refractivity (Wildman–Crippen MR) is 124 cm³/mol. The van der Waals surface area contributed by atoms with Crippen LogP contribution in [0.5, 0.6) is 0 Å². The second-order valence-corrected chi connectivity index (χ2v) is 9.14. The molecule has 9 heteroatoms. The Kier molecular flexibility index (Phi) is 5.99. The summed E-state index contributed by atoms with van der Waals surface area (Å²) < 4.78 is 11.8. The van der Waals surface area contributed by atoms with E-state index in [9.17, 15) is 5.11 Å². The SMILES string of the molecule is CC(C)Cc1nnc(C(C)N2CC3COCCN3c3nc(-c4cccc(CO)c4)ncc32)o1. The molecule has 2 unspecified atom stereocenters. The fraction of sp³-hybridized carbons (Fsp3) is 0.500. The lowest BCUT2D eigenvalue weighted by Crippen LogP contribution is -2.56. The molecule has 174 valence electrons. The van der Waals surface area contributed by atoms with Crippen LogP contribution in [0.25, 0.3) is 11.4 Å². The van der Waals surface area contributed by atoms with Gasteiger partial charge in [-0.2, -0.15) is 0 Å². The van der Waals surface area contributed by atoms with E-state index in [1.54, 1.807) is 0 Å². The van der Waals surface area contributed by atoms with Gasteiger partial charge in [0.2, 0.25) is 11.8 Å².